The quantitative estimate of drug-likeness (QED) is 0.607. The van der Waals surface area contributed by atoms with Crippen LogP contribution in [0.25, 0.3) is 0 Å². The summed E-state index contributed by atoms with van der Waals surface area (Å²) in [6, 6.07) is 3.13. The lowest BCUT2D eigenvalue weighted by atomic mass is 10.1. The van der Waals surface area contributed by atoms with Gasteiger partial charge >= 0.3 is 5.97 Å². The van der Waals surface area contributed by atoms with Gasteiger partial charge in [0.1, 0.15) is 11.8 Å². The number of nitrogens with zero attached hydrogens (tertiary/aromatic N) is 2. The highest BCUT2D eigenvalue weighted by molar-refractivity contribution is 14.1. The summed E-state index contributed by atoms with van der Waals surface area (Å²) >= 11 is 1.68. The van der Waals surface area contributed by atoms with Crippen LogP contribution in [0.4, 0.5) is 8.78 Å². The van der Waals surface area contributed by atoms with Gasteiger partial charge in [0.2, 0.25) is 0 Å². The van der Waals surface area contributed by atoms with Crippen LogP contribution in [-0.2, 0) is 16.0 Å². The van der Waals surface area contributed by atoms with E-state index in [1.165, 1.54) is 6.07 Å². The predicted octanol–water partition coefficient (Wildman–Crippen LogP) is 2.60. The SMILES string of the molecule is CCOC(=O)Cc1nc(C(F)F)c(I)cc1C#N. The fourth-order valence-corrected chi connectivity index (χ4v) is 1.94. The fraction of sp³-hybridized carbons (Fsp3) is 0.364. The third-order valence-corrected chi connectivity index (χ3v) is 2.89. The summed E-state index contributed by atoms with van der Waals surface area (Å²) in [6.45, 7) is 1.82. The Bertz CT molecular complexity index is 501. The first kappa shape index (κ1) is 14.8. The van der Waals surface area contributed by atoms with E-state index in [0.717, 1.165) is 0 Å². The van der Waals surface area contributed by atoms with Crippen molar-refractivity contribution in [1.82, 2.24) is 4.98 Å². The Morgan fingerprint density at radius 2 is 2.33 bits per heavy atom. The number of pyridine rings is 1. The number of ether oxygens (including phenoxy) is 1. The molecule has 1 aromatic heterocycles. The number of hydrogen-bond acceptors (Lipinski definition) is 4. The van der Waals surface area contributed by atoms with Crippen LogP contribution in [0.15, 0.2) is 6.07 Å². The molecule has 0 saturated carbocycles. The molecule has 0 saturated heterocycles. The fourth-order valence-electron chi connectivity index (χ4n) is 1.28. The maximum absolute atomic E-state index is 12.7. The van der Waals surface area contributed by atoms with Gasteiger partial charge in [-0.1, -0.05) is 0 Å². The summed E-state index contributed by atoms with van der Waals surface area (Å²) in [5.41, 5.74) is -0.294. The first-order chi connectivity index (χ1) is 8.49. The van der Waals surface area contributed by atoms with Crippen molar-refractivity contribution >= 4 is 28.6 Å². The molecule has 0 aliphatic rings. The predicted molar refractivity (Wildman–Crippen MR) is 67.0 cm³/mol. The van der Waals surface area contributed by atoms with E-state index in [1.54, 1.807) is 29.5 Å². The number of carbonyl (C=O) groups is 1. The summed E-state index contributed by atoms with van der Waals surface area (Å²) in [7, 11) is 0. The van der Waals surface area contributed by atoms with Gasteiger partial charge in [-0.25, -0.2) is 13.8 Å². The average molecular weight is 366 g/mol. The number of rotatable bonds is 4. The first-order valence-corrected chi connectivity index (χ1v) is 6.10. The van der Waals surface area contributed by atoms with E-state index in [4.69, 9.17) is 10.00 Å². The standard InChI is InChI=1S/C11H9F2IN2O2/c1-2-18-9(17)4-8-6(5-15)3-7(14)10(16-8)11(12)13/h3,11H,2,4H2,1H3. The summed E-state index contributed by atoms with van der Waals surface area (Å²) in [5, 5.41) is 8.88. The van der Waals surface area contributed by atoms with Gasteiger partial charge in [-0.15, -0.1) is 0 Å². The smallest absolute Gasteiger partial charge is 0.311 e. The molecule has 0 unspecified atom stereocenters. The molecule has 1 rings (SSSR count). The maximum Gasteiger partial charge on any atom is 0.311 e. The summed E-state index contributed by atoms with van der Waals surface area (Å²) in [6.07, 6.45) is -3.03. The van der Waals surface area contributed by atoms with Gasteiger partial charge in [0.15, 0.2) is 0 Å². The molecule has 1 heterocycles. The van der Waals surface area contributed by atoms with Crippen molar-refractivity contribution in [1.29, 1.82) is 5.26 Å². The zero-order chi connectivity index (χ0) is 13.7. The van der Waals surface area contributed by atoms with Gasteiger partial charge in [-0.2, -0.15) is 5.26 Å². The minimum atomic E-state index is -2.74. The lowest BCUT2D eigenvalue weighted by Gasteiger charge is -2.08. The summed E-state index contributed by atoms with van der Waals surface area (Å²) < 4.78 is 30.2. The number of carbonyl (C=O) groups excluding carboxylic acids is 1. The topological polar surface area (TPSA) is 63.0 Å². The molecule has 0 aliphatic carbocycles. The van der Waals surface area contributed by atoms with Crippen molar-refractivity contribution in [2.24, 2.45) is 0 Å². The minimum absolute atomic E-state index is 0.0201. The van der Waals surface area contributed by atoms with E-state index >= 15 is 0 Å². The second-order valence-corrected chi connectivity index (χ2v) is 4.41. The van der Waals surface area contributed by atoms with Crippen LogP contribution in [0.1, 0.15) is 30.3 Å². The second-order valence-electron chi connectivity index (χ2n) is 3.24. The van der Waals surface area contributed by atoms with Crippen molar-refractivity contribution in [2.45, 2.75) is 19.8 Å². The average Bonchev–Trinajstić information content (AvgIpc) is 2.30. The van der Waals surface area contributed by atoms with Crippen molar-refractivity contribution in [3.8, 4) is 6.07 Å². The number of esters is 1. The van der Waals surface area contributed by atoms with Gasteiger partial charge in [0.25, 0.3) is 6.43 Å². The number of halogens is 3. The van der Waals surface area contributed by atoms with E-state index in [1.807, 2.05) is 6.07 Å². The lowest BCUT2D eigenvalue weighted by Crippen LogP contribution is -2.12. The molecule has 0 N–H and O–H groups in total. The molecule has 96 valence electrons. The van der Waals surface area contributed by atoms with Gasteiger partial charge < -0.3 is 4.74 Å². The van der Waals surface area contributed by atoms with E-state index in [2.05, 4.69) is 4.98 Å². The molecular formula is C11H9F2IN2O2. The molecule has 0 amide bonds. The Morgan fingerprint density at radius 3 is 2.83 bits per heavy atom. The van der Waals surface area contributed by atoms with Crippen LogP contribution in [0.3, 0.4) is 0 Å². The highest BCUT2D eigenvalue weighted by atomic mass is 127. The van der Waals surface area contributed by atoms with Crippen LogP contribution in [0.5, 0.6) is 0 Å². The molecule has 1 aromatic rings. The van der Waals surface area contributed by atoms with Crippen molar-refractivity contribution in [2.75, 3.05) is 6.61 Å². The monoisotopic (exact) mass is 366 g/mol. The van der Waals surface area contributed by atoms with E-state index < -0.39 is 18.1 Å². The number of aromatic nitrogens is 1. The molecule has 0 aliphatic heterocycles. The van der Waals surface area contributed by atoms with E-state index in [0.29, 0.717) is 0 Å². The normalized spacial score (nSPS) is 10.2. The van der Waals surface area contributed by atoms with Gasteiger partial charge in [0.05, 0.1) is 24.3 Å². The molecule has 7 heteroatoms. The second kappa shape index (κ2) is 6.58. The lowest BCUT2D eigenvalue weighted by molar-refractivity contribution is -0.142. The largest absolute Gasteiger partial charge is 0.466 e. The van der Waals surface area contributed by atoms with Crippen LogP contribution in [0.2, 0.25) is 0 Å². The minimum Gasteiger partial charge on any atom is -0.466 e. The highest BCUT2D eigenvalue weighted by Gasteiger charge is 2.19. The third-order valence-electron chi connectivity index (χ3n) is 2.03. The van der Waals surface area contributed by atoms with Crippen LogP contribution in [-0.4, -0.2) is 17.6 Å². The molecule has 0 radical (unpaired) electrons. The van der Waals surface area contributed by atoms with Gasteiger partial charge in [-0.05, 0) is 35.6 Å². The van der Waals surface area contributed by atoms with Crippen molar-refractivity contribution in [3.63, 3.8) is 0 Å². The molecule has 0 fully saturated rings. The first-order valence-electron chi connectivity index (χ1n) is 5.02. The van der Waals surface area contributed by atoms with Gasteiger partial charge in [0, 0.05) is 3.57 Å². The molecular weight excluding hydrogens is 357 g/mol. The molecule has 0 spiro atoms. The Kier molecular flexibility index (Phi) is 5.40. The molecule has 0 bridgehead atoms. The van der Waals surface area contributed by atoms with Crippen LogP contribution >= 0.6 is 22.6 Å². The van der Waals surface area contributed by atoms with E-state index in [-0.39, 0.29) is 27.9 Å². The summed E-state index contributed by atoms with van der Waals surface area (Å²) in [5.74, 6) is -0.595. The maximum atomic E-state index is 12.7. The zero-order valence-electron chi connectivity index (χ0n) is 9.41. The molecule has 0 atom stereocenters. The zero-order valence-corrected chi connectivity index (χ0v) is 11.6. The molecule has 4 nitrogen and oxygen atoms in total. The number of hydrogen-bond donors (Lipinski definition) is 0. The van der Waals surface area contributed by atoms with Crippen molar-refractivity contribution in [3.05, 3.63) is 26.6 Å². The van der Waals surface area contributed by atoms with Crippen LogP contribution in [0, 0.1) is 14.9 Å². The van der Waals surface area contributed by atoms with Crippen molar-refractivity contribution < 1.29 is 18.3 Å². The Morgan fingerprint density at radius 1 is 1.67 bits per heavy atom. The molecule has 0 aromatic carbocycles. The summed E-state index contributed by atoms with van der Waals surface area (Å²) in [4.78, 5) is 15.0. The Hall–Kier alpha value is -1.30. The van der Waals surface area contributed by atoms with E-state index in [9.17, 15) is 13.6 Å². The third kappa shape index (κ3) is 3.60. The Labute approximate surface area is 116 Å². The Balaban J connectivity index is 3.13. The van der Waals surface area contributed by atoms with Gasteiger partial charge in [-0.3, -0.25) is 4.79 Å². The van der Waals surface area contributed by atoms with Crippen LogP contribution < -0.4 is 0 Å². The highest BCUT2D eigenvalue weighted by Crippen LogP contribution is 2.24. The molecule has 18 heavy (non-hydrogen) atoms. The number of nitriles is 1. The number of alkyl halides is 2.